The maximum absolute atomic E-state index is 6.14. The summed E-state index contributed by atoms with van der Waals surface area (Å²) in [6, 6.07) is 16.0. The van der Waals surface area contributed by atoms with Crippen LogP contribution in [0, 0.1) is 6.92 Å². The summed E-state index contributed by atoms with van der Waals surface area (Å²) in [5.74, 6) is 3.27. The van der Waals surface area contributed by atoms with Gasteiger partial charge in [0.1, 0.15) is 11.5 Å². The second-order valence-corrected chi connectivity index (χ2v) is 7.35. The Labute approximate surface area is 170 Å². The first-order valence-electron chi connectivity index (χ1n) is 9.14. The summed E-state index contributed by atoms with van der Waals surface area (Å²) in [6.45, 7) is 8.53. The van der Waals surface area contributed by atoms with Crippen molar-refractivity contribution in [1.29, 1.82) is 0 Å². The molecule has 0 aliphatic rings. The fourth-order valence-corrected chi connectivity index (χ4v) is 3.75. The molecule has 6 heteroatoms. The summed E-state index contributed by atoms with van der Waals surface area (Å²) in [4.78, 5) is 0. The predicted molar refractivity (Wildman–Crippen MR) is 113 cm³/mol. The normalized spacial score (nSPS) is 11.8. The molecule has 0 N–H and O–H groups in total. The van der Waals surface area contributed by atoms with Gasteiger partial charge in [0.2, 0.25) is 0 Å². The molecule has 1 aromatic heterocycles. The fraction of sp³-hybridized carbons (Fsp3) is 0.273. The van der Waals surface area contributed by atoms with E-state index < -0.39 is 0 Å². The van der Waals surface area contributed by atoms with Crippen LogP contribution in [0.3, 0.4) is 0 Å². The van der Waals surface area contributed by atoms with Crippen molar-refractivity contribution >= 4 is 11.8 Å². The van der Waals surface area contributed by atoms with Gasteiger partial charge in [-0.25, -0.2) is 0 Å². The van der Waals surface area contributed by atoms with Crippen molar-refractivity contribution in [2.45, 2.75) is 37.4 Å². The average Bonchev–Trinajstić information content (AvgIpc) is 3.11. The van der Waals surface area contributed by atoms with E-state index in [1.165, 1.54) is 5.56 Å². The van der Waals surface area contributed by atoms with Crippen molar-refractivity contribution in [3.8, 4) is 11.5 Å². The Kier molecular flexibility index (Phi) is 6.76. The quantitative estimate of drug-likeness (QED) is 0.367. The number of nitrogens with zero attached hydrogens (tertiary/aromatic N) is 3. The van der Waals surface area contributed by atoms with E-state index in [1.54, 1.807) is 18.9 Å². The second kappa shape index (κ2) is 9.46. The monoisotopic (exact) mass is 395 g/mol. The zero-order chi connectivity index (χ0) is 19.9. The van der Waals surface area contributed by atoms with E-state index in [0.717, 1.165) is 33.8 Å². The van der Waals surface area contributed by atoms with E-state index in [9.17, 15) is 0 Å². The van der Waals surface area contributed by atoms with Gasteiger partial charge in [0.25, 0.3) is 0 Å². The summed E-state index contributed by atoms with van der Waals surface area (Å²) >= 11 is 1.64. The number of hydrogen-bond donors (Lipinski definition) is 0. The van der Waals surface area contributed by atoms with E-state index in [2.05, 4.69) is 27.4 Å². The van der Waals surface area contributed by atoms with Crippen molar-refractivity contribution < 1.29 is 9.47 Å². The Balaban J connectivity index is 1.77. The summed E-state index contributed by atoms with van der Waals surface area (Å²) in [5, 5.41) is 9.64. The van der Waals surface area contributed by atoms with Gasteiger partial charge in [0.05, 0.1) is 7.11 Å². The fourth-order valence-electron chi connectivity index (χ4n) is 2.85. The zero-order valence-electron chi connectivity index (χ0n) is 16.5. The van der Waals surface area contributed by atoms with Crippen molar-refractivity contribution in [2.24, 2.45) is 0 Å². The molecule has 0 aliphatic heterocycles. The number of aromatic nitrogens is 3. The highest BCUT2D eigenvalue weighted by molar-refractivity contribution is 7.98. The maximum atomic E-state index is 6.14. The third-order valence-electron chi connectivity index (χ3n) is 4.32. The van der Waals surface area contributed by atoms with Crippen LogP contribution in [0.2, 0.25) is 0 Å². The van der Waals surface area contributed by atoms with Crippen LogP contribution < -0.4 is 9.47 Å². The molecule has 1 unspecified atom stereocenters. The van der Waals surface area contributed by atoms with E-state index in [0.29, 0.717) is 6.54 Å². The average molecular weight is 396 g/mol. The van der Waals surface area contributed by atoms with Gasteiger partial charge in [-0.3, -0.25) is 4.57 Å². The molecular formula is C22H25N3O2S. The predicted octanol–water partition coefficient (Wildman–Crippen LogP) is 5.21. The molecule has 3 aromatic rings. The molecule has 0 bridgehead atoms. The summed E-state index contributed by atoms with van der Waals surface area (Å²) in [7, 11) is 1.68. The molecule has 3 rings (SSSR count). The van der Waals surface area contributed by atoms with E-state index in [-0.39, 0.29) is 6.10 Å². The summed E-state index contributed by atoms with van der Waals surface area (Å²) in [5.41, 5.74) is 2.26. The minimum Gasteiger partial charge on any atom is -0.497 e. The number of para-hydroxylation sites is 1. The summed E-state index contributed by atoms with van der Waals surface area (Å²) in [6.07, 6.45) is 1.63. The highest BCUT2D eigenvalue weighted by atomic mass is 32.2. The van der Waals surface area contributed by atoms with Gasteiger partial charge in [-0.15, -0.1) is 16.8 Å². The number of aryl methyl sites for hydroxylation is 1. The number of thioether (sulfide) groups is 1. The Morgan fingerprint density at radius 3 is 2.75 bits per heavy atom. The molecule has 0 amide bonds. The first-order chi connectivity index (χ1) is 13.6. The molecule has 28 heavy (non-hydrogen) atoms. The van der Waals surface area contributed by atoms with Gasteiger partial charge in [-0.2, -0.15) is 0 Å². The number of methoxy groups -OCH3 is 1. The lowest BCUT2D eigenvalue weighted by Crippen LogP contribution is -2.12. The second-order valence-electron chi connectivity index (χ2n) is 6.41. The molecule has 0 saturated carbocycles. The van der Waals surface area contributed by atoms with E-state index in [1.807, 2.05) is 62.4 Å². The highest BCUT2D eigenvalue weighted by Gasteiger charge is 2.19. The number of hydrogen-bond acceptors (Lipinski definition) is 5. The van der Waals surface area contributed by atoms with Crippen LogP contribution in [0.5, 0.6) is 11.5 Å². The van der Waals surface area contributed by atoms with Crippen LogP contribution in [0.4, 0.5) is 0 Å². The van der Waals surface area contributed by atoms with Gasteiger partial charge in [0.15, 0.2) is 17.1 Å². The van der Waals surface area contributed by atoms with Crippen LogP contribution in [0.25, 0.3) is 0 Å². The van der Waals surface area contributed by atoms with Crippen LogP contribution in [-0.4, -0.2) is 21.9 Å². The smallest absolute Gasteiger partial charge is 0.191 e. The largest absolute Gasteiger partial charge is 0.497 e. The Morgan fingerprint density at radius 1 is 1.18 bits per heavy atom. The van der Waals surface area contributed by atoms with Crippen LogP contribution in [-0.2, 0) is 12.3 Å². The molecule has 0 fully saturated rings. The first-order valence-corrected chi connectivity index (χ1v) is 10.1. The third kappa shape index (κ3) is 4.75. The molecule has 2 aromatic carbocycles. The van der Waals surface area contributed by atoms with Crippen LogP contribution in [0.15, 0.2) is 66.3 Å². The van der Waals surface area contributed by atoms with Crippen molar-refractivity contribution in [1.82, 2.24) is 14.8 Å². The van der Waals surface area contributed by atoms with Crippen molar-refractivity contribution in [2.75, 3.05) is 7.11 Å². The van der Waals surface area contributed by atoms with E-state index >= 15 is 0 Å². The maximum Gasteiger partial charge on any atom is 0.191 e. The molecule has 146 valence electrons. The molecule has 0 spiro atoms. The van der Waals surface area contributed by atoms with Crippen LogP contribution in [0.1, 0.15) is 30.0 Å². The van der Waals surface area contributed by atoms with Crippen molar-refractivity contribution in [3.63, 3.8) is 0 Å². The SMILES string of the molecule is C=CCn1c(SCc2cccc(OC)c2)nnc1C(C)Oc1ccccc1C. The van der Waals surface area contributed by atoms with Gasteiger partial charge in [-0.05, 0) is 43.2 Å². The molecule has 0 saturated heterocycles. The molecule has 1 atom stereocenters. The highest BCUT2D eigenvalue weighted by Crippen LogP contribution is 2.28. The lowest BCUT2D eigenvalue weighted by atomic mass is 10.2. The first kappa shape index (κ1) is 20.0. The minimum absolute atomic E-state index is 0.222. The van der Waals surface area contributed by atoms with Gasteiger partial charge >= 0.3 is 0 Å². The lowest BCUT2D eigenvalue weighted by molar-refractivity contribution is 0.209. The molecule has 1 heterocycles. The molecule has 5 nitrogen and oxygen atoms in total. The Morgan fingerprint density at radius 2 is 2.00 bits per heavy atom. The van der Waals surface area contributed by atoms with Crippen molar-refractivity contribution in [3.05, 3.63) is 78.1 Å². The Bertz CT molecular complexity index is 939. The topological polar surface area (TPSA) is 49.2 Å². The zero-order valence-corrected chi connectivity index (χ0v) is 17.3. The lowest BCUT2D eigenvalue weighted by Gasteiger charge is -2.17. The number of allylic oxidation sites excluding steroid dienone is 1. The van der Waals surface area contributed by atoms with E-state index in [4.69, 9.17) is 9.47 Å². The standard InChI is InChI=1S/C22H25N3O2S/c1-5-13-25-21(17(3)27-20-12-7-6-9-16(20)2)23-24-22(25)28-15-18-10-8-11-19(14-18)26-4/h5-12,14,17H,1,13,15H2,2-4H3. The number of rotatable bonds is 9. The number of ether oxygens (including phenoxy) is 2. The van der Waals surface area contributed by atoms with Gasteiger partial charge in [0, 0.05) is 12.3 Å². The van der Waals surface area contributed by atoms with Gasteiger partial charge in [-0.1, -0.05) is 48.2 Å². The van der Waals surface area contributed by atoms with Crippen LogP contribution >= 0.6 is 11.8 Å². The van der Waals surface area contributed by atoms with Gasteiger partial charge < -0.3 is 9.47 Å². The molecular weight excluding hydrogens is 370 g/mol. The third-order valence-corrected chi connectivity index (χ3v) is 5.36. The summed E-state index contributed by atoms with van der Waals surface area (Å²) < 4.78 is 13.5. The number of benzene rings is 2. The Hall–Kier alpha value is -2.73. The molecule has 0 radical (unpaired) electrons. The minimum atomic E-state index is -0.222. The molecule has 0 aliphatic carbocycles.